The van der Waals surface area contributed by atoms with E-state index in [1.54, 1.807) is 18.3 Å². The topological polar surface area (TPSA) is 123 Å². The highest BCUT2D eigenvalue weighted by molar-refractivity contribution is 6.10. The van der Waals surface area contributed by atoms with Crippen molar-refractivity contribution in [2.45, 2.75) is 50.6 Å². The molecule has 0 radical (unpaired) electrons. The molecule has 0 unspecified atom stereocenters. The van der Waals surface area contributed by atoms with Gasteiger partial charge >= 0.3 is 0 Å². The highest BCUT2D eigenvalue weighted by Crippen LogP contribution is 2.40. The van der Waals surface area contributed by atoms with Crippen molar-refractivity contribution in [1.82, 2.24) is 4.98 Å². The van der Waals surface area contributed by atoms with Crippen molar-refractivity contribution in [3.63, 3.8) is 0 Å². The Bertz CT molecular complexity index is 1210. The summed E-state index contributed by atoms with van der Waals surface area (Å²) >= 11 is 0. The number of phenols is 1. The zero-order valence-corrected chi connectivity index (χ0v) is 18.8. The normalized spacial score (nSPS) is 20.5. The van der Waals surface area contributed by atoms with Crippen molar-refractivity contribution in [2.75, 3.05) is 18.2 Å². The molecule has 2 saturated carbocycles. The molecule has 0 amide bonds. The molecule has 1 heterocycles. The zero-order valence-electron chi connectivity index (χ0n) is 18.8. The number of nitrogens with two attached hydrogens (primary N) is 2. The fourth-order valence-corrected chi connectivity index (χ4v) is 4.70. The maximum Gasteiger partial charge on any atom is 0.181 e. The quantitative estimate of drug-likeness (QED) is 0.250. The summed E-state index contributed by atoms with van der Waals surface area (Å²) in [5.74, 6) is 0.519. The van der Waals surface area contributed by atoms with E-state index in [0.717, 1.165) is 66.2 Å². The van der Waals surface area contributed by atoms with Gasteiger partial charge in [0.05, 0.1) is 29.6 Å². The van der Waals surface area contributed by atoms with Crippen LogP contribution in [0.3, 0.4) is 0 Å². The van der Waals surface area contributed by atoms with Gasteiger partial charge in [-0.1, -0.05) is 6.07 Å². The van der Waals surface area contributed by atoms with Crippen molar-refractivity contribution >= 4 is 28.1 Å². The molecule has 172 valence electrons. The number of methoxy groups -OCH3 is 1. The number of pyridine rings is 1. The fraction of sp³-hybridized carbons (Fsp3) is 0.385. The fourth-order valence-electron chi connectivity index (χ4n) is 4.70. The Morgan fingerprint density at radius 3 is 2.55 bits per heavy atom. The van der Waals surface area contributed by atoms with Crippen LogP contribution in [0.5, 0.6) is 11.5 Å². The number of aromatic hydroxyl groups is 1. The molecule has 2 aliphatic carbocycles. The zero-order chi connectivity index (χ0) is 23.1. The lowest BCUT2D eigenvalue weighted by molar-refractivity contribution is 0.0968. The molecule has 0 saturated heterocycles. The minimum absolute atomic E-state index is 0.0705. The van der Waals surface area contributed by atoms with Gasteiger partial charge < -0.3 is 26.6 Å². The summed E-state index contributed by atoms with van der Waals surface area (Å²) < 4.78 is 5.28. The minimum Gasteiger partial charge on any atom is -0.503 e. The summed E-state index contributed by atoms with van der Waals surface area (Å²) in [6, 6.07) is 9.96. The first-order valence-electron chi connectivity index (χ1n) is 11.6. The first kappa shape index (κ1) is 21.5. The molecule has 2 aliphatic rings. The Morgan fingerprint density at radius 1 is 1.09 bits per heavy atom. The van der Waals surface area contributed by atoms with E-state index in [1.807, 2.05) is 18.2 Å². The smallest absolute Gasteiger partial charge is 0.181 e. The largest absolute Gasteiger partial charge is 0.503 e. The van der Waals surface area contributed by atoms with Gasteiger partial charge in [0.1, 0.15) is 0 Å². The molecule has 7 nitrogen and oxygen atoms in total. The molecule has 0 spiro atoms. The summed E-state index contributed by atoms with van der Waals surface area (Å²) in [5, 5.41) is 14.7. The third-order valence-corrected chi connectivity index (χ3v) is 6.86. The molecule has 2 fully saturated rings. The number of hydrogen-bond acceptors (Lipinski definition) is 7. The summed E-state index contributed by atoms with van der Waals surface area (Å²) in [6.07, 6.45) is 7.53. The van der Waals surface area contributed by atoms with Gasteiger partial charge in [-0.25, -0.2) is 0 Å². The predicted molar refractivity (Wildman–Crippen MR) is 131 cm³/mol. The minimum atomic E-state index is -0.0705. The molecule has 3 aromatic rings. The Kier molecular flexibility index (Phi) is 5.58. The number of carbonyl (C=O) groups excluding carboxylic acids is 1. The molecule has 5 rings (SSSR count). The first-order chi connectivity index (χ1) is 15.9. The number of rotatable bonds is 6. The molecule has 33 heavy (non-hydrogen) atoms. The van der Waals surface area contributed by atoms with Gasteiger partial charge in [0.2, 0.25) is 0 Å². The average molecular weight is 447 g/mol. The number of nitrogen functional groups attached to an aromatic ring is 1. The molecule has 7 heteroatoms. The molecule has 1 aromatic heterocycles. The number of aromatic nitrogens is 1. The number of ketones is 1. The maximum atomic E-state index is 13.1. The number of fused-ring (bicyclic) bond motifs is 1. The number of phenolic OH excluding ortho intramolecular Hbond substituents is 1. The van der Waals surface area contributed by atoms with Crippen LogP contribution in [0.25, 0.3) is 22.0 Å². The molecule has 2 aromatic carbocycles. The molecular formula is C26H30N4O3. The summed E-state index contributed by atoms with van der Waals surface area (Å²) in [4.78, 5) is 17.7. The lowest BCUT2D eigenvalue weighted by Gasteiger charge is -2.29. The van der Waals surface area contributed by atoms with E-state index >= 15 is 0 Å². The number of benzene rings is 2. The number of carbonyl (C=O) groups is 1. The van der Waals surface area contributed by atoms with Crippen LogP contribution >= 0.6 is 0 Å². The predicted octanol–water partition coefficient (Wildman–Crippen LogP) is 4.47. The maximum absolute atomic E-state index is 13.1. The van der Waals surface area contributed by atoms with Gasteiger partial charge in [0.25, 0.3) is 0 Å². The second-order valence-corrected chi connectivity index (χ2v) is 9.29. The SMILES string of the molecule is COc1cc(-c2ccc3ncc(C(=O)C4CC4)c(N[C@H]4CC[C@H](N)CC4)c3c2)cc(N)c1O. The molecule has 0 atom stereocenters. The Morgan fingerprint density at radius 2 is 1.85 bits per heavy atom. The Hall–Kier alpha value is -3.32. The number of ether oxygens (including phenoxy) is 1. The van der Waals surface area contributed by atoms with Crippen molar-refractivity contribution in [3.05, 3.63) is 42.1 Å². The standard InChI is InChI=1S/C26H30N4O3/c1-33-23-12-16(11-21(28)26(23)32)15-4-9-22-19(10-15)24(30-18-7-5-17(27)6-8-18)20(13-29-22)25(31)14-2-3-14/h4,9-14,17-18,32H,2-3,5-8,27-28H2,1H3,(H,29,30)/t17-,18-. The third-order valence-electron chi connectivity index (χ3n) is 6.86. The monoisotopic (exact) mass is 446 g/mol. The molecular weight excluding hydrogens is 416 g/mol. The van der Waals surface area contributed by atoms with Crippen LogP contribution in [-0.4, -0.2) is 35.1 Å². The number of nitrogens with zero attached hydrogens (tertiary/aromatic N) is 1. The highest BCUT2D eigenvalue weighted by Gasteiger charge is 2.33. The van der Waals surface area contributed by atoms with Crippen LogP contribution in [0, 0.1) is 5.92 Å². The van der Waals surface area contributed by atoms with Gasteiger partial charge in [-0.3, -0.25) is 9.78 Å². The highest BCUT2D eigenvalue weighted by atomic mass is 16.5. The first-order valence-corrected chi connectivity index (χ1v) is 11.6. The second kappa shape index (κ2) is 8.56. The Balaban J connectivity index is 1.62. The van der Waals surface area contributed by atoms with E-state index < -0.39 is 0 Å². The van der Waals surface area contributed by atoms with Crippen LogP contribution in [0.15, 0.2) is 36.5 Å². The van der Waals surface area contributed by atoms with Gasteiger partial charge in [-0.2, -0.15) is 0 Å². The molecule has 6 N–H and O–H groups in total. The molecule has 0 bridgehead atoms. The van der Waals surface area contributed by atoms with E-state index in [0.29, 0.717) is 11.3 Å². The number of nitrogens with one attached hydrogen (secondary N) is 1. The van der Waals surface area contributed by atoms with Crippen molar-refractivity contribution in [1.29, 1.82) is 0 Å². The van der Waals surface area contributed by atoms with Crippen LogP contribution in [-0.2, 0) is 0 Å². The van der Waals surface area contributed by atoms with E-state index in [1.165, 1.54) is 7.11 Å². The van der Waals surface area contributed by atoms with E-state index in [2.05, 4.69) is 10.3 Å². The van der Waals surface area contributed by atoms with Crippen LogP contribution in [0.1, 0.15) is 48.9 Å². The van der Waals surface area contributed by atoms with Crippen molar-refractivity contribution in [2.24, 2.45) is 11.7 Å². The number of anilines is 2. The third kappa shape index (κ3) is 4.20. The molecule has 0 aliphatic heterocycles. The van der Waals surface area contributed by atoms with Gasteiger partial charge in [0.15, 0.2) is 17.3 Å². The number of Topliss-reactive ketones (excluding diaryl/α,β-unsaturated/α-hetero) is 1. The van der Waals surface area contributed by atoms with Crippen LogP contribution in [0.2, 0.25) is 0 Å². The Labute approximate surface area is 193 Å². The van der Waals surface area contributed by atoms with Crippen molar-refractivity contribution in [3.8, 4) is 22.6 Å². The van der Waals surface area contributed by atoms with Crippen molar-refractivity contribution < 1.29 is 14.6 Å². The number of hydrogen-bond donors (Lipinski definition) is 4. The second-order valence-electron chi connectivity index (χ2n) is 9.29. The summed E-state index contributed by atoms with van der Waals surface area (Å²) in [7, 11) is 1.50. The lowest BCUT2D eigenvalue weighted by atomic mass is 9.91. The van der Waals surface area contributed by atoms with E-state index in [9.17, 15) is 9.90 Å². The summed E-state index contributed by atoms with van der Waals surface area (Å²) in [5.41, 5.74) is 16.4. The van der Waals surface area contributed by atoms with Crippen LogP contribution in [0.4, 0.5) is 11.4 Å². The lowest BCUT2D eigenvalue weighted by Crippen LogP contribution is -2.33. The van der Waals surface area contributed by atoms with E-state index in [-0.39, 0.29) is 35.2 Å². The van der Waals surface area contributed by atoms with Gasteiger partial charge in [-0.05, 0) is 73.9 Å². The van der Waals surface area contributed by atoms with Gasteiger partial charge in [0, 0.05) is 29.6 Å². The van der Waals surface area contributed by atoms with Gasteiger partial charge in [-0.15, -0.1) is 0 Å². The summed E-state index contributed by atoms with van der Waals surface area (Å²) in [6.45, 7) is 0. The average Bonchev–Trinajstić information content (AvgIpc) is 3.67. The van der Waals surface area contributed by atoms with Crippen LogP contribution < -0.4 is 21.5 Å². The van der Waals surface area contributed by atoms with E-state index in [4.69, 9.17) is 16.2 Å².